The van der Waals surface area contributed by atoms with Gasteiger partial charge in [0.2, 0.25) is 0 Å². The lowest BCUT2D eigenvalue weighted by atomic mass is 10.2. The fourth-order valence-corrected chi connectivity index (χ4v) is 2.46. The molecule has 1 aliphatic heterocycles. The van der Waals surface area contributed by atoms with Crippen LogP contribution in [0.1, 0.15) is 20.7 Å². The Kier molecular flexibility index (Phi) is 5.55. The molecule has 0 aromatic heterocycles. The quantitative estimate of drug-likeness (QED) is 0.870. The van der Waals surface area contributed by atoms with Crippen LogP contribution in [0.15, 0.2) is 48.5 Å². The Bertz CT molecular complexity index is 748. The first kappa shape index (κ1) is 18.0. The van der Waals surface area contributed by atoms with Crippen LogP contribution < -0.4 is 10.6 Å². The van der Waals surface area contributed by atoms with Crippen LogP contribution in [0.2, 0.25) is 0 Å². The number of halogens is 2. The molecular weight excluding hydrogens is 346 g/mol. The highest BCUT2D eigenvalue weighted by atomic mass is 19.1. The van der Waals surface area contributed by atoms with Gasteiger partial charge in [-0.3, -0.25) is 9.59 Å². The van der Waals surface area contributed by atoms with E-state index >= 15 is 0 Å². The molecular formula is C18H16F2N2O4. The summed E-state index contributed by atoms with van der Waals surface area (Å²) >= 11 is 0. The van der Waals surface area contributed by atoms with Gasteiger partial charge in [0.1, 0.15) is 11.6 Å². The molecule has 2 atom stereocenters. The van der Waals surface area contributed by atoms with Crippen molar-refractivity contribution in [1.82, 2.24) is 10.6 Å². The molecule has 1 fully saturated rings. The predicted octanol–water partition coefficient (Wildman–Crippen LogP) is 1.82. The van der Waals surface area contributed by atoms with Gasteiger partial charge in [0.25, 0.3) is 11.8 Å². The number of carbonyl (C=O) groups excluding carboxylic acids is 2. The van der Waals surface area contributed by atoms with E-state index in [-0.39, 0.29) is 24.3 Å². The maximum Gasteiger partial charge on any atom is 0.256 e. The lowest BCUT2D eigenvalue weighted by Gasteiger charge is -2.32. The van der Waals surface area contributed by atoms with Gasteiger partial charge in [-0.05, 0) is 24.3 Å². The Labute approximate surface area is 148 Å². The molecule has 8 heteroatoms. The van der Waals surface area contributed by atoms with Crippen molar-refractivity contribution in [3.8, 4) is 0 Å². The molecule has 0 bridgehead atoms. The standard InChI is InChI=1S/C18H16F2N2O4/c19-13-7-3-1-5-11(13)15(23)21-17-18(26-10-9-25-17)22-16(24)12-6-2-4-8-14(12)20/h1-8,17-18H,9-10H2,(H,21,23)(H,22,24)/t17-,18-/m1/s1. The normalized spacial score (nSPS) is 19.6. The van der Waals surface area contributed by atoms with Crippen LogP contribution in [-0.2, 0) is 9.47 Å². The summed E-state index contributed by atoms with van der Waals surface area (Å²) in [5, 5.41) is 4.93. The number of rotatable bonds is 4. The number of benzene rings is 2. The molecule has 1 aliphatic rings. The molecule has 2 N–H and O–H groups in total. The van der Waals surface area contributed by atoms with Crippen LogP contribution in [-0.4, -0.2) is 37.5 Å². The largest absolute Gasteiger partial charge is 0.351 e. The van der Waals surface area contributed by atoms with E-state index in [4.69, 9.17) is 9.47 Å². The minimum absolute atomic E-state index is 0.166. The molecule has 2 aromatic carbocycles. The summed E-state index contributed by atoms with van der Waals surface area (Å²) in [6.07, 6.45) is -2.10. The molecule has 2 aromatic rings. The van der Waals surface area contributed by atoms with Crippen molar-refractivity contribution >= 4 is 11.8 Å². The van der Waals surface area contributed by atoms with Gasteiger partial charge in [0.15, 0.2) is 12.5 Å². The van der Waals surface area contributed by atoms with Crippen LogP contribution in [0.5, 0.6) is 0 Å². The van der Waals surface area contributed by atoms with Gasteiger partial charge in [-0.1, -0.05) is 24.3 Å². The maximum atomic E-state index is 13.7. The number of hydrogen-bond acceptors (Lipinski definition) is 4. The van der Waals surface area contributed by atoms with E-state index in [0.717, 1.165) is 12.1 Å². The molecule has 1 saturated heterocycles. The van der Waals surface area contributed by atoms with Gasteiger partial charge in [0.05, 0.1) is 24.3 Å². The Morgan fingerprint density at radius 1 is 0.769 bits per heavy atom. The zero-order chi connectivity index (χ0) is 18.5. The Morgan fingerprint density at radius 2 is 1.15 bits per heavy atom. The molecule has 6 nitrogen and oxygen atoms in total. The molecule has 0 aliphatic carbocycles. The van der Waals surface area contributed by atoms with Crippen molar-refractivity contribution in [2.75, 3.05) is 13.2 Å². The number of amides is 2. The number of hydrogen-bond donors (Lipinski definition) is 2. The van der Waals surface area contributed by atoms with E-state index < -0.39 is 35.9 Å². The molecule has 0 unspecified atom stereocenters. The molecule has 0 saturated carbocycles. The summed E-state index contributed by atoms with van der Waals surface area (Å²) in [5.74, 6) is -2.81. The number of ether oxygens (including phenoxy) is 2. The summed E-state index contributed by atoms with van der Waals surface area (Å²) in [4.78, 5) is 24.5. The van der Waals surface area contributed by atoms with E-state index in [1.54, 1.807) is 0 Å². The van der Waals surface area contributed by atoms with Crippen molar-refractivity contribution in [1.29, 1.82) is 0 Å². The monoisotopic (exact) mass is 362 g/mol. The molecule has 2 amide bonds. The maximum absolute atomic E-state index is 13.7. The molecule has 0 spiro atoms. The van der Waals surface area contributed by atoms with Crippen LogP contribution in [0.4, 0.5) is 8.78 Å². The fourth-order valence-electron chi connectivity index (χ4n) is 2.46. The van der Waals surface area contributed by atoms with Crippen molar-refractivity contribution < 1.29 is 27.8 Å². The molecule has 3 rings (SSSR count). The zero-order valence-electron chi connectivity index (χ0n) is 13.6. The summed E-state index contributed by atoms with van der Waals surface area (Å²) in [7, 11) is 0. The van der Waals surface area contributed by atoms with Crippen LogP contribution in [0.3, 0.4) is 0 Å². The highest BCUT2D eigenvalue weighted by Crippen LogP contribution is 2.12. The minimum Gasteiger partial charge on any atom is -0.351 e. The third kappa shape index (κ3) is 4.04. The zero-order valence-corrected chi connectivity index (χ0v) is 13.6. The van der Waals surface area contributed by atoms with Gasteiger partial charge in [0, 0.05) is 0 Å². The number of carbonyl (C=O) groups is 2. The summed E-state index contributed by atoms with van der Waals surface area (Å²) in [6, 6.07) is 10.9. The smallest absolute Gasteiger partial charge is 0.256 e. The predicted molar refractivity (Wildman–Crippen MR) is 87.2 cm³/mol. The highest BCUT2D eigenvalue weighted by molar-refractivity contribution is 5.95. The van der Waals surface area contributed by atoms with Gasteiger partial charge in [-0.2, -0.15) is 0 Å². The van der Waals surface area contributed by atoms with E-state index in [1.807, 2.05) is 0 Å². The van der Waals surface area contributed by atoms with Crippen molar-refractivity contribution in [2.24, 2.45) is 0 Å². The van der Waals surface area contributed by atoms with Crippen LogP contribution in [0, 0.1) is 11.6 Å². The first-order valence-corrected chi connectivity index (χ1v) is 7.90. The van der Waals surface area contributed by atoms with Crippen LogP contribution in [0.25, 0.3) is 0 Å². The Hall–Kier alpha value is -2.84. The van der Waals surface area contributed by atoms with E-state index in [9.17, 15) is 18.4 Å². The highest BCUT2D eigenvalue weighted by Gasteiger charge is 2.31. The minimum atomic E-state index is -1.05. The van der Waals surface area contributed by atoms with Crippen molar-refractivity contribution in [2.45, 2.75) is 12.5 Å². The average Bonchev–Trinajstić information content (AvgIpc) is 2.64. The summed E-state index contributed by atoms with van der Waals surface area (Å²) < 4.78 is 38.2. The Morgan fingerprint density at radius 3 is 1.54 bits per heavy atom. The second-order valence-corrected chi connectivity index (χ2v) is 5.49. The molecule has 0 radical (unpaired) electrons. The number of nitrogens with one attached hydrogen (secondary N) is 2. The van der Waals surface area contributed by atoms with Gasteiger partial charge in [-0.15, -0.1) is 0 Å². The average molecular weight is 362 g/mol. The lowest BCUT2D eigenvalue weighted by molar-refractivity contribution is -0.154. The van der Waals surface area contributed by atoms with Crippen LogP contribution >= 0.6 is 0 Å². The first-order valence-electron chi connectivity index (χ1n) is 7.90. The second-order valence-electron chi connectivity index (χ2n) is 5.49. The third-order valence-corrected chi connectivity index (χ3v) is 3.74. The van der Waals surface area contributed by atoms with Gasteiger partial charge in [-0.25, -0.2) is 8.78 Å². The lowest BCUT2D eigenvalue weighted by Crippen LogP contribution is -2.57. The van der Waals surface area contributed by atoms with E-state index in [2.05, 4.69) is 10.6 Å². The van der Waals surface area contributed by atoms with Crippen molar-refractivity contribution in [3.05, 3.63) is 71.3 Å². The summed E-state index contributed by atoms with van der Waals surface area (Å²) in [5.41, 5.74) is -0.332. The summed E-state index contributed by atoms with van der Waals surface area (Å²) in [6.45, 7) is 0.350. The van der Waals surface area contributed by atoms with Gasteiger partial charge < -0.3 is 20.1 Å². The van der Waals surface area contributed by atoms with Gasteiger partial charge >= 0.3 is 0 Å². The molecule has 26 heavy (non-hydrogen) atoms. The van der Waals surface area contributed by atoms with Crippen molar-refractivity contribution in [3.63, 3.8) is 0 Å². The van der Waals surface area contributed by atoms with E-state index in [0.29, 0.717) is 0 Å². The SMILES string of the molecule is O=C(N[C@@H]1OCCO[C@H]1NC(=O)c1ccccc1F)c1ccccc1F. The molecule has 136 valence electrons. The first-order chi connectivity index (χ1) is 12.6. The fraction of sp³-hybridized carbons (Fsp3) is 0.222. The van der Waals surface area contributed by atoms with E-state index in [1.165, 1.54) is 36.4 Å². The third-order valence-electron chi connectivity index (χ3n) is 3.74. The second kappa shape index (κ2) is 8.03. The topological polar surface area (TPSA) is 76.7 Å². The molecule has 1 heterocycles. The Balaban J connectivity index is 1.70.